The van der Waals surface area contributed by atoms with Crippen LogP contribution in [0.2, 0.25) is 0 Å². The molecule has 0 aromatic rings. The first-order valence-corrected chi connectivity index (χ1v) is 14.3. The fourth-order valence-electron chi connectivity index (χ4n) is 5.05. The van der Waals surface area contributed by atoms with E-state index in [1.807, 2.05) is 0 Å². The van der Waals surface area contributed by atoms with Gasteiger partial charge in [-0.25, -0.2) is 0 Å². The second kappa shape index (κ2) is 22.1. The second-order valence-corrected chi connectivity index (χ2v) is 10.0. The van der Waals surface area contributed by atoms with Crippen molar-refractivity contribution in [1.82, 2.24) is 10.2 Å². The number of hydrogen-bond donors (Lipinski definition) is 1. The van der Waals surface area contributed by atoms with Gasteiger partial charge < -0.3 is 5.32 Å². The summed E-state index contributed by atoms with van der Waals surface area (Å²) < 4.78 is 0. The van der Waals surface area contributed by atoms with Crippen molar-refractivity contribution in [3.8, 4) is 0 Å². The maximum Gasteiger partial charge on any atom is 0.0221 e. The molecule has 0 aromatic carbocycles. The lowest BCUT2D eigenvalue weighted by atomic mass is 10.0. The molecule has 1 aliphatic rings. The van der Waals surface area contributed by atoms with Crippen molar-refractivity contribution in [3.63, 3.8) is 0 Å². The van der Waals surface area contributed by atoms with Crippen LogP contribution in [0.3, 0.4) is 0 Å². The van der Waals surface area contributed by atoms with Crippen molar-refractivity contribution in [3.05, 3.63) is 0 Å². The summed E-state index contributed by atoms with van der Waals surface area (Å²) in [5.74, 6) is 0. The van der Waals surface area contributed by atoms with Crippen LogP contribution < -0.4 is 5.32 Å². The first-order chi connectivity index (χ1) is 14.9. The van der Waals surface area contributed by atoms with Gasteiger partial charge in [0.1, 0.15) is 0 Å². The van der Waals surface area contributed by atoms with Gasteiger partial charge in [0.25, 0.3) is 0 Å². The maximum absolute atomic E-state index is 3.65. The zero-order valence-corrected chi connectivity index (χ0v) is 21.2. The Morgan fingerprint density at radius 3 is 1.50 bits per heavy atom. The van der Waals surface area contributed by atoms with E-state index in [1.54, 1.807) is 0 Å². The zero-order valence-electron chi connectivity index (χ0n) is 21.2. The molecule has 2 nitrogen and oxygen atoms in total. The van der Waals surface area contributed by atoms with Gasteiger partial charge in [-0.2, -0.15) is 0 Å². The molecule has 2 heteroatoms. The SMILES string of the molecule is CCCCCCCCCCCCC1CNCCN1CCCCCCCCCCCC. The number of unbranched alkanes of at least 4 members (excludes halogenated alkanes) is 18. The molecule has 0 bridgehead atoms. The van der Waals surface area contributed by atoms with Crippen LogP contribution in [0.4, 0.5) is 0 Å². The quantitative estimate of drug-likeness (QED) is 0.176. The topological polar surface area (TPSA) is 15.3 Å². The molecule has 180 valence electrons. The van der Waals surface area contributed by atoms with Crippen LogP contribution >= 0.6 is 0 Å². The van der Waals surface area contributed by atoms with E-state index in [0.29, 0.717) is 0 Å². The van der Waals surface area contributed by atoms with Crippen molar-refractivity contribution in [2.24, 2.45) is 0 Å². The predicted octanol–water partition coefficient (Wildman–Crippen LogP) is 8.49. The van der Waals surface area contributed by atoms with Gasteiger partial charge in [0, 0.05) is 25.7 Å². The fourth-order valence-corrected chi connectivity index (χ4v) is 5.05. The third-order valence-electron chi connectivity index (χ3n) is 7.16. The summed E-state index contributed by atoms with van der Waals surface area (Å²) >= 11 is 0. The van der Waals surface area contributed by atoms with E-state index in [-0.39, 0.29) is 0 Å². The minimum Gasteiger partial charge on any atom is -0.314 e. The van der Waals surface area contributed by atoms with Gasteiger partial charge in [0.05, 0.1) is 0 Å². The Bertz CT molecular complexity index is 299. The van der Waals surface area contributed by atoms with E-state index in [4.69, 9.17) is 0 Å². The van der Waals surface area contributed by atoms with Crippen molar-refractivity contribution in [2.75, 3.05) is 26.2 Å². The highest BCUT2D eigenvalue weighted by molar-refractivity contribution is 4.79. The molecule has 0 aromatic heterocycles. The number of hydrogen-bond acceptors (Lipinski definition) is 2. The lowest BCUT2D eigenvalue weighted by Gasteiger charge is -2.36. The molecule has 0 spiro atoms. The molecule has 1 rings (SSSR count). The summed E-state index contributed by atoms with van der Waals surface area (Å²) in [6.07, 6.45) is 30.4. The van der Waals surface area contributed by atoms with E-state index in [9.17, 15) is 0 Å². The normalized spacial score (nSPS) is 17.6. The van der Waals surface area contributed by atoms with E-state index in [0.717, 1.165) is 6.04 Å². The number of nitrogens with zero attached hydrogens (tertiary/aromatic N) is 1. The Kier molecular flexibility index (Phi) is 20.6. The molecule has 30 heavy (non-hydrogen) atoms. The van der Waals surface area contributed by atoms with Crippen LogP contribution in [0, 0.1) is 0 Å². The summed E-state index contributed by atoms with van der Waals surface area (Å²) in [6.45, 7) is 9.67. The molecule has 1 aliphatic heterocycles. The van der Waals surface area contributed by atoms with Crippen molar-refractivity contribution in [2.45, 2.75) is 155 Å². The lowest BCUT2D eigenvalue weighted by Crippen LogP contribution is -2.51. The van der Waals surface area contributed by atoms with Gasteiger partial charge >= 0.3 is 0 Å². The molecule has 1 unspecified atom stereocenters. The Hall–Kier alpha value is -0.0800. The van der Waals surface area contributed by atoms with E-state index in [2.05, 4.69) is 24.1 Å². The minimum atomic E-state index is 0.811. The molecule has 1 saturated heterocycles. The Balaban J connectivity index is 1.94. The smallest absolute Gasteiger partial charge is 0.0221 e. The molecule has 1 fully saturated rings. The summed E-state index contributed by atoms with van der Waals surface area (Å²) in [4.78, 5) is 2.81. The molecule has 0 saturated carbocycles. The first kappa shape index (κ1) is 28.0. The van der Waals surface area contributed by atoms with Gasteiger partial charge in [0.15, 0.2) is 0 Å². The average molecular weight is 423 g/mol. The molecule has 0 radical (unpaired) electrons. The third kappa shape index (κ3) is 16.6. The first-order valence-electron chi connectivity index (χ1n) is 14.3. The van der Waals surface area contributed by atoms with Crippen LogP contribution in [0.25, 0.3) is 0 Å². The second-order valence-electron chi connectivity index (χ2n) is 10.0. The van der Waals surface area contributed by atoms with Crippen molar-refractivity contribution < 1.29 is 0 Å². The van der Waals surface area contributed by atoms with Crippen molar-refractivity contribution in [1.29, 1.82) is 0 Å². The fraction of sp³-hybridized carbons (Fsp3) is 1.00. The Morgan fingerprint density at radius 2 is 1.00 bits per heavy atom. The predicted molar refractivity (Wildman–Crippen MR) is 137 cm³/mol. The summed E-state index contributed by atoms with van der Waals surface area (Å²) in [7, 11) is 0. The van der Waals surface area contributed by atoms with Gasteiger partial charge in [-0.1, -0.05) is 136 Å². The van der Waals surface area contributed by atoms with Gasteiger partial charge in [-0.3, -0.25) is 4.90 Å². The van der Waals surface area contributed by atoms with E-state index >= 15 is 0 Å². The highest BCUT2D eigenvalue weighted by Crippen LogP contribution is 2.16. The molecular weight excluding hydrogens is 364 g/mol. The van der Waals surface area contributed by atoms with Crippen LogP contribution in [0.1, 0.15) is 149 Å². The van der Waals surface area contributed by atoms with Crippen LogP contribution in [-0.2, 0) is 0 Å². The van der Waals surface area contributed by atoms with Crippen LogP contribution in [0.5, 0.6) is 0 Å². The molecule has 1 heterocycles. The minimum absolute atomic E-state index is 0.811. The van der Waals surface area contributed by atoms with Gasteiger partial charge in [0.2, 0.25) is 0 Å². The highest BCUT2D eigenvalue weighted by atomic mass is 15.2. The highest BCUT2D eigenvalue weighted by Gasteiger charge is 2.20. The molecule has 0 amide bonds. The van der Waals surface area contributed by atoms with Crippen LogP contribution in [0.15, 0.2) is 0 Å². The molecule has 1 atom stereocenters. The average Bonchev–Trinajstić information content (AvgIpc) is 2.77. The van der Waals surface area contributed by atoms with E-state index < -0.39 is 0 Å². The van der Waals surface area contributed by atoms with Crippen LogP contribution in [-0.4, -0.2) is 37.1 Å². The maximum atomic E-state index is 3.65. The number of piperazine rings is 1. The largest absolute Gasteiger partial charge is 0.314 e. The third-order valence-corrected chi connectivity index (χ3v) is 7.16. The van der Waals surface area contributed by atoms with E-state index in [1.165, 1.54) is 161 Å². The summed E-state index contributed by atoms with van der Waals surface area (Å²) in [5, 5.41) is 3.65. The Labute approximate surface area is 191 Å². The zero-order chi connectivity index (χ0) is 21.5. The molecule has 1 N–H and O–H groups in total. The van der Waals surface area contributed by atoms with Gasteiger partial charge in [-0.05, 0) is 19.4 Å². The molecule has 0 aliphatic carbocycles. The standard InChI is InChI=1S/C28H58N2/c1-3-5-7-9-11-13-15-17-19-21-23-28-27-29-24-26-30(28)25-22-20-18-16-14-12-10-8-6-4-2/h28-29H,3-27H2,1-2H3. The number of rotatable bonds is 22. The summed E-state index contributed by atoms with van der Waals surface area (Å²) in [6, 6.07) is 0.811. The van der Waals surface area contributed by atoms with Crippen molar-refractivity contribution >= 4 is 0 Å². The number of nitrogens with one attached hydrogen (secondary N) is 1. The summed E-state index contributed by atoms with van der Waals surface area (Å²) in [5.41, 5.74) is 0. The molecular formula is C28H58N2. The van der Waals surface area contributed by atoms with Gasteiger partial charge in [-0.15, -0.1) is 0 Å². The monoisotopic (exact) mass is 422 g/mol. The lowest BCUT2D eigenvalue weighted by molar-refractivity contribution is 0.147. The Morgan fingerprint density at radius 1 is 0.567 bits per heavy atom.